The van der Waals surface area contributed by atoms with Gasteiger partial charge in [0.15, 0.2) is 0 Å². The van der Waals surface area contributed by atoms with Crippen LogP contribution in [0.2, 0.25) is 0 Å². The number of aliphatic hydroxyl groups is 1. The van der Waals surface area contributed by atoms with Crippen LogP contribution in [-0.2, 0) is 6.42 Å². The molecular formula is C16H19NO3. The van der Waals surface area contributed by atoms with Crippen molar-refractivity contribution in [3.63, 3.8) is 0 Å². The largest absolute Gasteiger partial charge is 0.496 e. The van der Waals surface area contributed by atoms with Gasteiger partial charge in [0.1, 0.15) is 5.75 Å². The molecule has 0 radical (unpaired) electrons. The van der Waals surface area contributed by atoms with E-state index in [1.165, 1.54) is 0 Å². The van der Waals surface area contributed by atoms with Crippen LogP contribution in [0.1, 0.15) is 22.8 Å². The quantitative estimate of drug-likeness (QED) is 0.910. The number of aliphatic hydroxyl groups excluding tert-OH is 1. The van der Waals surface area contributed by atoms with Crippen LogP contribution < -0.4 is 9.47 Å². The zero-order valence-electron chi connectivity index (χ0n) is 12.0. The van der Waals surface area contributed by atoms with E-state index in [-0.39, 0.29) is 0 Å². The molecule has 1 heterocycles. The molecule has 1 unspecified atom stereocenters. The normalized spacial score (nSPS) is 12.0. The number of ether oxygens (including phenoxy) is 2. The van der Waals surface area contributed by atoms with Gasteiger partial charge in [-0.25, -0.2) is 4.98 Å². The van der Waals surface area contributed by atoms with Crippen LogP contribution in [0.4, 0.5) is 0 Å². The average molecular weight is 273 g/mol. The van der Waals surface area contributed by atoms with Gasteiger partial charge in [0.2, 0.25) is 5.88 Å². The van der Waals surface area contributed by atoms with E-state index in [0.717, 1.165) is 16.9 Å². The summed E-state index contributed by atoms with van der Waals surface area (Å²) in [5.74, 6) is 1.23. The van der Waals surface area contributed by atoms with Crippen molar-refractivity contribution < 1.29 is 14.6 Å². The Kier molecular flexibility index (Phi) is 4.58. The highest BCUT2D eigenvalue weighted by atomic mass is 16.5. The topological polar surface area (TPSA) is 51.6 Å². The minimum Gasteiger partial charge on any atom is -0.496 e. The molecule has 1 atom stereocenters. The standard InChI is InChI=1S/C16H19NO3/c1-11-6-7-15(19-2)12(9-11)10-14(18)13-5-4-8-17-16(13)20-3/h4-9,14,18H,10H2,1-3H3. The van der Waals surface area contributed by atoms with Gasteiger partial charge < -0.3 is 14.6 Å². The predicted octanol–water partition coefficient (Wildman–Crippen LogP) is 2.68. The van der Waals surface area contributed by atoms with Crippen molar-refractivity contribution >= 4 is 0 Å². The lowest BCUT2D eigenvalue weighted by Crippen LogP contribution is -2.06. The van der Waals surface area contributed by atoms with Crippen molar-refractivity contribution in [3.8, 4) is 11.6 Å². The molecule has 0 bridgehead atoms. The highest BCUT2D eigenvalue weighted by Gasteiger charge is 2.16. The van der Waals surface area contributed by atoms with Crippen molar-refractivity contribution in [3.05, 3.63) is 53.2 Å². The summed E-state index contributed by atoms with van der Waals surface area (Å²) in [7, 11) is 3.18. The third-order valence-corrected chi connectivity index (χ3v) is 3.20. The summed E-state index contributed by atoms with van der Waals surface area (Å²) in [6.07, 6.45) is 1.41. The average Bonchev–Trinajstić information content (AvgIpc) is 2.47. The SMILES string of the molecule is COc1ccc(C)cc1CC(O)c1cccnc1OC. The third kappa shape index (κ3) is 3.08. The molecule has 0 spiro atoms. The van der Waals surface area contributed by atoms with Crippen LogP contribution >= 0.6 is 0 Å². The van der Waals surface area contributed by atoms with Gasteiger partial charge >= 0.3 is 0 Å². The number of hydrogen-bond acceptors (Lipinski definition) is 4. The molecule has 2 aromatic rings. The molecule has 4 nitrogen and oxygen atoms in total. The molecule has 0 aliphatic carbocycles. The van der Waals surface area contributed by atoms with Gasteiger partial charge in [-0.1, -0.05) is 17.7 Å². The lowest BCUT2D eigenvalue weighted by atomic mass is 10.00. The van der Waals surface area contributed by atoms with Crippen LogP contribution in [-0.4, -0.2) is 24.3 Å². The molecule has 0 saturated heterocycles. The van der Waals surface area contributed by atoms with E-state index in [1.54, 1.807) is 26.5 Å². The van der Waals surface area contributed by atoms with Crippen LogP contribution in [0.15, 0.2) is 36.5 Å². The number of hydrogen-bond donors (Lipinski definition) is 1. The highest BCUT2D eigenvalue weighted by molar-refractivity contribution is 5.39. The smallest absolute Gasteiger partial charge is 0.218 e. The first-order chi connectivity index (χ1) is 9.65. The fraction of sp³-hybridized carbons (Fsp3) is 0.312. The van der Waals surface area contributed by atoms with Crippen molar-refractivity contribution in [2.24, 2.45) is 0 Å². The fourth-order valence-electron chi connectivity index (χ4n) is 2.21. The Morgan fingerprint density at radius 2 is 2.00 bits per heavy atom. The molecule has 1 aromatic heterocycles. The Morgan fingerprint density at radius 1 is 1.20 bits per heavy atom. The van der Waals surface area contributed by atoms with Gasteiger partial charge in [-0.3, -0.25) is 0 Å². The molecule has 0 aliphatic rings. The van der Waals surface area contributed by atoms with E-state index in [0.29, 0.717) is 17.9 Å². The Morgan fingerprint density at radius 3 is 2.70 bits per heavy atom. The second-order valence-electron chi connectivity index (χ2n) is 4.64. The van der Waals surface area contributed by atoms with Crippen LogP contribution in [0.3, 0.4) is 0 Å². The summed E-state index contributed by atoms with van der Waals surface area (Å²) >= 11 is 0. The van der Waals surface area contributed by atoms with Crippen LogP contribution in [0.25, 0.3) is 0 Å². The minimum atomic E-state index is -0.686. The van der Waals surface area contributed by atoms with E-state index >= 15 is 0 Å². The van der Waals surface area contributed by atoms with Gasteiger partial charge in [0.25, 0.3) is 0 Å². The Bertz CT molecular complexity index is 584. The van der Waals surface area contributed by atoms with E-state index in [4.69, 9.17) is 9.47 Å². The molecule has 0 aliphatic heterocycles. The van der Waals surface area contributed by atoms with Crippen molar-refractivity contribution in [1.82, 2.24) is 4.98 Å². The molecule has 4 heteroatoms. The summed E-state index contributed by atoms with van der Waals surface area (Å²) in [5.41, 5.74) is 2.77. The molecule has 2 rings (SSSR count). The molecule has 0 saturated carbocycles. The van der Waals surface area contributed by atoms with Gasteiger partial charge in [0, 0.05) is 18.2 Å². The minimum absolute atomic E-state index is 0.451. The Labute approximate surface area is 119 Å². The number of methoxy groups -OCH3 is 2. The summed E-state index contributed by atoms with van der Waals surface area (Å²) in [6, 6.07) is 9.52. The number of benzene rings is 1. The summed E-state index contributed by atoms with van der Waals surface area (Å²) < 4.78 is 10.5. The van der Waals surface area contributed by atoms with Crippen LogP contribution in [0.5, 0.6) is 11.6 Å². The first-order valence-electron chi connectivity index (χ1n) is 6.46. The maximum absolute atomic E-state index is 10.4. The lowest BCUT2D eigenvalue weighted by Gasteiger charge is -2.16. The van der Waals surface area contributed by atoms with Crippen LogP contribution in [0, 0.1) is 6.92 Å². The predicted molar refractivity (Wildman–Crippen MR) is 77.2 cm³/mol. The van der Waals surface area contributed by atoms with E-state index in [9.17, 15) is 5.11 Å². The fourth-order valence-corrected chi connectivity index (χ4v) is 2.21. The lowest BCUT2D eigenvalue weighted by molar-refractivity contribution is 0.171. The number of rotatable bonds is 5. The molecule has 0 amide bonds. The summed E-state index contributed by atoms with van der Waals surface area (Å²) in [5, 5.41) is 10.4. The second-order valence-corrected chi connectivity index (χ2v) is 4.64. The van der Waals surface area contributed by atoms with Gasteiger partial charge in [-0.05, 0) is 30.7 Å². The Balaban J connectivity index is 2.27. The number of nitrogens with zero attached hydrogens (tertiary/aromatic N) is 1. The third-order valence-electron chi connectivity index (χ3n) is 3.20. The molecule has 20 heavy (non-hydrogen) atoms. The summed E-state index contributed by atoms with van der Waals surface area (Å²) in [4.78, 5) is 4.11. The highest BCUT2D eigenvalue weighted by Crippen LogP contribution is 2.29. The maximum Gasteiger partial charge on any atom is 0.218 e. The van der Waals surface area contributed by atoms with Gasteiger partial charge in [-0.2, -0.15) is 0 Å². The molecule has 1 N–H and O–H groups in total. The van der Waals surface area contributed by atoms with E-state index in [1.807, 2.05) is 31.2 Å². The zero-order chi connectivity index (χ0) is 14.5. The van der Waals surface area contributed by atoms with Crippen molar-refractivity contribution in [2.75, 3.05) is 14.2 Å². The van der Waals surface area contributed by atoms with E-state index in [2.05, 4.69) is 4.98 Å². The zero-order valence-corrected chi connectivity index (χ0v) is 12.0. The maximum atomic E-state index is 10.4. The monoisotopic (exact) mass is 273 g/mol. The first-order valence-corrected chi connectivity index (χ1v) is 6.46. The molecule has 1 aromatic carbocycles. The second kappa shape index (κ2) is 6.39. The molecular weight excluding hydrogens is 254 g/mol. The van der Waals surface area contributed by atoms with Gasteiger partial charge in [-0.15, -0.1) is 0 Å². The molecule has 0 fully saturated rings. The van der Waals surface area contributed by atoms with Gasteiger partial charge in [0.05, 0.1) is 20.3 Å². The number of aryl methyl sites for hydroxylation is 1. The van der Waals surface area contributed by atoms with Crippen molar-refractivity contribution in [2.45, 2.75) is 19.4 Å². The number of pyridine rings is 1. The number of aromatic nitrogens is 1. The summed E-state index contributed by atoms with van der Waals surface area (Å²) in [6.45, 7) is 2.01. The Hall–Kier alpha value is -2.07. The van der Waals surface area contributed by atoms with Crippen molar-refractivity contribution in [1.29, 1.82) is 0 Å². The van der Waals surface area contributed by atoms with E-state index < -0.39 is 6.10 Å². The first kappa shape index (κ1) is 14.3. The molecule has 106 valence electrons.